The van der Waals surface area contributed by atoms with Crippen molar-refractivity contribution < 1.29 is 14.7 Å². The lowest BCUT2D eigenvalue weighted by molar-refractivity contribution is -0.142. The number of hydrogen-bond donors (Lipinski definition) is 2. The Labute approximate surface area is 124 Å². The number of carboxylic acid groups (broad SMARTS) is 1. The normalized spacial score (nSPS) is 17.9. The zero-order chi connectivity index (χ0) is 15.4. The van der Waals surface area contributed by atoms with Gasteiger partial charge in [0.15, 0.2) is 0 Å². The van der Waals surface area contributed by atoms with Crippen molar-refractivity contribution in [3.63, 3.8) is 0 Å². The molecule has 0 bridgehead atoms. The van der Waals surface area contributed by atoms with Crippen molar-refractivity contribution in [1.82, 2.24) is 5.32 Å². The Morgan fingerprint density at radius 1 is 1.29 bits per heavy atom. The molecule has 2 rings (SSSR count). The molecule has 0 aromatic heterocycles. The fourth-order valence-electron chi connectivity index (χ4n) is 2.36. The molecule has 21 heavy (non-hydrogen) atoms. The minimum atomic E-state index is -0.924. The van der Waals surface area contributed by atoms with Gasteiger partial charge < -0.3 is 10.4 Å². The predicted molar refractivity (Wildman–Crippen MR) is 80.6 cm³/mol. The Bertz CT molecular complexity index is 546. The van der Waals surface area contributed by atoms with E-state index in [1.54, 1.807) is 13.0 Å². The van der Waals surface area contributed by atoms with Crippen molar-refractivity contribution in [1.29, 1.82) is 0 Å². The molecule has 2 atom stereocenters. The summed E-state index contributed by atoms with van der Waals surface area (Å²) in [7, 11) is 0. The van der Waals surface area contributed by atoms with Gasteiger partial charge in [-0.3, -0.25) is 9.59 Å². The molecule has 112 valence electrons. The van der Waals surface area contributed by atoms with E-state index >= 15 is 0 Å². The van der Waals surface area contributed by atoms with Crippen molar-refractivity contribution >= 4 is 11.9 Å². The van der Waals surface area contributed by atoms with Crippen molar-refractivity contribution in [2.75, 3.05) is 0 Å². The first-order chi connectivity index (χ1) is 9.99. The fraction of sp³-hybridized carbons (Fsp3) is 0.412. The average Bonchev–Trinajstić information content (AvgIpc) is 3.29. The van der Waals surface area contributed by atoms with Gasteiger partial charge >= 0.3 is 5.97 Å². The number of allylic oxidation sites excluding steroid dienone is 1. The van der Waals surface area contributed by atoms with Gasteiger partial charge in [-0.2, -0.15) is 0 Å². The third-order valence-electron chi connectivity index (χ3n) is 3.93. The molecule has 0 radical (unpaired) electrons. The summed E-state index contributed by atoms with van der Waals surface area (Å²) in [6.45, 7) is 3.56. The zero-order valence-corrected chi connectivity index (χ0v) is 12.4. The molecule has 0 saturated heterocycles. The summed E-state index contributed by atoms with van der Waals surface area (Å²) in [6.07, 6.45) is 3.88. The second-order valence-corrected chi connectivity index (χ2v) is 5.69. The van der Waals surface area contributed by atoms with Crippen LogP contribution < -0.4 is 5.32 Å². The highest BCUT2D eigenvalue weighted by atomic mass is 16.4. The summed E-state index contributed by atoms with van der Waals surface area (Å²) in [6, 6.07) is 8.69. The number of amides is 1. The fourth-order valence-corrected chi connectivity index (χ4v) is 2.36. The van der Waals surface area contributed by atoms with Crippen LogP contribution in [0.4, 0.5) is 0 Å². The van der Waals surface area contributed by atoms with Crippen LogP contribution in [0.15, 0.2) is 42.0 Å². The average molecular weight is 287 g/mol. The Morgan fingerprint density at radius 3 is 2.43 bits per heavy atom. The highest BCUT2D eigenvalue weighted by Gasteiger charge is 2.27. The van der Waals surface area contributed by atoms with Crippen LogP contribution >= 0.6 is 0 Å². The molecule has 1 aliphatic rings. The number of carbonyl (C=O) groups is 2. The van der Waals surface area contributed by atoms with E-state index < -0.39 is 17.9 Å². The molecule has 0 heterocycles. The minimum Gasteiger partial charge on any atom is -0.481 e. The molecule has 0 unspecified atom stereocenters. The van der Waals surface area contributed by atoms with Gasteiger partial charge in [0.2, 0.25) is 5.91 Å². The third kappa shape index (κ3) is 4.18. The third-order valence-corrected chi connectivity index (χ3v) is 3.93. The van der Waals surface area contributed by atoms with Gasteiger partial charge in [-0.1, -0.05) is 35.9 Å². The number of carboxylic acids is 1. The van der Waals surface area contributed by atoms with E-state index in [1.165, 1.54) is 0 Å². The molecule has 1 fully saturated rings. The van der Waals surface area contributed by atoms with Crippen LogP contribution in [-0.2, 0) is 9.59 Å². The quantitative estimate of drug-likeness (QED) is 0.791. The number of benzene rings is 1. The number of rotatable bonds is 6. The number of hydrogen-bond acceptors (Lipinski definition) is 2. The first kappa shape index (κ1) is 15.3. The van der Waals surface area contributed by atoms with E-state index in [4.69, 9.17) is 0 Å². The second kappa shape index (κ2) is 6.57. The first-order valence-electron chi connectivity index (χ1n) is 7.25. The summed E-state index contributed by atoms with van der Waals surface area (Å²) in [5, 5.41) is 12.1. The van der Waals surface area contributed by atoms with Crippen molar-refractivity contribution in [3.05, 3.63) is 47.5 Å². The summed E-state index contributed by atoms with van der Waals surface area (Å²) in [5.74, 6) is -1.30. The molecular weight excluding hydrogens is 266 g/mol. The van der Waals surface area contributed by atoms with E-state index in [1.807, 2.05) is 37.3 Å². The van der Waals surface area contributed by atoms with Crippen LogP contribution in [0, 0.1) is 11.8 Å². The molecule has 1 saturated carbocycles. The van der Waals surface area contributed by atoms with Crippen LogP contribution in [0.2, 0.25) is 0 Å². The van der Waals surface area contributed by atoms with E-state index in [2.05, 4.69) is 5.32 Å². The molecule has 1 amide bonds. The maximum atomic E-state index is 12.1. The van der Waals surface area contributed by atoms with Crippen LogP contribution in [0.5, 0.6) is 0 Å². The minimum absolute atomic E-state index is 0.221. The van der Waals surface area contributed by atoms with Gasteiger partial charge in [0.25, 0.3) is 0 Å². The largest absolute Gasteiger partial charge is 0.481 e. The highest BCUT2D eigenvalue weighted by molar-refractivity contribution is 5.89. The lowest BCUT2D eigenvalue weighted by Crippen LogP contribution is -2.34. The zero-order valence-electron chi connectivity index (χ0n) is 12.4. The summed E-state index contributed by atoms with van der Waals surface area (Å²) in [5.41, 5.74) is 1.88. The van der Waals surface area contributed by atoms with Gasteiger partial charge in [-0.15, -0.1) is 0 Å². The second-order valence-electron chi connectivity index (χ2n) is 5.69. The molecule has 4 heteroatoms. The summed E-state index contributed by atoms with van der Waals surface area (Å²) in [4.78, 5) is 23.4. The maximum absolute atomic E-state index is 12.1. The standard InChI is InChI=1S/C17H21NO3/c1-11(13-8-9-13)10-15(19)18-16(12(2)17(20)21)14-6-4-3-5-7-14/h3-7,10,12-13,16H,8-9H2,1-2H3,(H,18,19)(H,20,21)/b11-10-/t12-,16-/m1/s1. The van der Waals surface area contributed by atoms with Crippen LogP contribution in [-0.4, -0.2) is 17.0 Å². The monoisotopic (exact) mass is 287 g/mol. The van der Waals surface area contributed by atoms with Gasteiger partial charge in [-0.05, 0) is 38.2 Å². The summed E-state index contributed by atoms with van der Waals surface area (Å²) >= 11 is 0. The van der Waals surface area contributed by atoms with Gasteiger partial charge in [0.05, 0.1) is 12.0 Å². The van der Waals surface area contributed by atoms with E-state index in [0.29, 0.717) is 5.92 Å². The van der Waals surface area contributed by atoms with Crippen molar-refractivity contribution in [2.24, 2.45) is 11.8 Å². The lowest BCUT2D eigenvalue weighted by atomic mass is 9.94. The van der Waals surface area contributed by atoms with Gasteiger partial charge in [-0.25, -0.2) is 0 Å². The Morgan fingerprint density at radius 2 is 1.90 bits per heavy atom. The van der Waals surface area contributed by atoms with E-state index in [-0.39, 0.29) is 5.91 Å². The van der Waals surface area contributed by atoms with Gasteiger partial charge in [0, 0.05) is 6.08 Å². The molecule has 2 N–H and O–H groups in total. The molecule has 0 aliphatic heterocycles. The topological polar surface area (TPSA) is 66.4 Å². The summed E-state index contributed by atoms with van der Waals surface area (Å²) < 4.78 is 0. The Hall–Kier alpha value is -2.10. The van der Waals surface area contributed by atoms with E-state index in [0.717, 1.165) is 24.0 Å². The van der Waals surface area contributed by atoms with Crippen molar-refractivity contribution in [3.8, 4) is 0 Å². The number of nitrogens with one attached hydrogen (secondary N) is 1. The van der Waals surface area contributed by atoms with Crippen LogP contribution in [0.1, 0.15) is 38.3 Å². The molecule has 0 spiro atoms. The van der Waals surface area contributed by atoms with E-state index in [9.17, 15) is 14.7 Å². The number of carbonyl (C=O) groups excluding carboxylic acids is 1. The first-order valence-corrected chi connectivity index (χ1v) is 7.25. The maximum Gasteiger partial charge on any atom is 0.308 e. The highest BCUT2D eigenvalue weighted by Crippen LogP contribution is 2.35. The molecule has 1 aromatic carbocycles. The van der Waals surface area contributed by atoms with Gasteiger partial charge in [0.1, 0.15) is 0 Å². The Balaban J connectivity index is 2.14. The Kier molecular flexibility index (Phi) is 4.78. The molecule has 4 nitrogen and oxygen atoms in total. The SMILES string of the molecule is C/C(=C/C(=O)N[C@@H](c1ccccc1)[C@@H](C)C(=O)O)C1CC1. The predicted octanol–water partition coefficient (Wildman–Crippen LogP) is 2.92. The van der Waals surface area contributed by atoms with Crippen LogP contribution in [0.25, 0.3) is 0 Å². The molecule has 1 aliphatic carbocycles. The molecular formula is C17H21NO3. The van der Waals surface area contributed by atoms with Crippen LogP contribution in [0.3, 0.4) is 0 Å². The molecule has 1 aromatic rings. The lowest BCUT2D eigenvalue weighted by Gasteiger charge is -2.22. The van der Waals surface area contributed by atoms with Crippen molar-refractivity contribution in [2.45, 2.75) is 32.7 Å². The smallest absolute Gasteiger partial charge is 0.308 e. The number of aliphatic carboxylic acids is 1.